The second-order valence-electron chi connectivity index (χ2n) is 5.46. The third kappa shape index (κ3) is 1.87. The average molecular weight is 321 g/mol. The molecule has 2 atom stereocenters. The number of ether oxygens (including phenoxy) is 1. The Morgan fingerprint density at radius 3 is 2.82 bits per heavy atom. The van der Waals surface area contributed by atoms with Gasteiger partial charge in [-0.1, -0.05) is 12.1 Å². The number of amides is 2. The van der Waals surface area contributed by atoms with Gasteiger partial charge in [-0.05, 0) is 26.0 Å². The molecule has 1 aromatic carbocycles. The zero-order chi connectivity index (χ0) is 14.6. The molecule has 22 heavy (non-hydrogen) atoms. The van der Waals surface area contributed by atoms with E-state index in [9.17, 15) is 4.79 Å². The fourth-order valence-electron chi connectivity index (χ4n) is 3.15. The molecule has 1 aromatic heterocycles. The molecule has 2 aliphatic heterocycles. The molecule has 4 rings (SSSR count). The van der Waals surface area contributed by atoms with E-state index in [0.29, 0.717) is 12.4 Å². The Balaban J connectivity index is 0.00000144. The Morgan fingerprint density at radius 2 is 2.09 bits per heavy atom. The van der Waals surface area contributed by atoms with Gasteiger partial charge in [0.2, 0.25) is 0 Å². The van der Waals surface area contributed by atoms with Crippen molar-refractivity contribution in [3.63, 3.8) is 0 Å². The largest absolute Gasteiger partial charge is 0.489 e. The number of rotatable bonds is 1. The van der Waals surface area contributed by atoms with Crippen molar-refractivity contribution in [3.05, 3.63) is 36.3 Å². The first kappa shape index (κ1) is 14.7. The Hall–Kier alpha value is -2.21. The number of urea groups is 1. The number of aromatic nitrogens is 2. The molecule has 0 radical (unpaired) electrons. The highest BCUT2D eigenvalue weighted by Crippen LogP contribution is 2.40. The summed E-state index contributed by atoms with van der Waals surface area (Å²) in [4.78, 5) is 23.8. The Morgan fingerprint density at radius 1 is 1.32 bits per heavy atom. The van der Waals surface area contributed by atoms with E-state index in [4.69, 9.17) is 4.74 Å². The number of carbonyl (C=O) groups excluding carboxylic acids is 1. The van der Waals surface area contributed by atoms with Crippen LogP contribution in [-0.2, 0) is 0 Å². The van der Waals surface area contributed by atoms with Gasteiger partial charge in [-0.3, -0.25) is 9.80 Å². The van der Waals surface area contributed by atoms with Crippen molar-refractivity contribution < 1.29 is 9.53 Å². The van der Waals surface area contributed by atoms with Crippen molar-refractivity contribution in [1.29, 1.82) is 0 Å². The first-order valence-corrected chi connectivity index (χ1v) is 7.02. The summed E-state index contributed by atoms with van der Waals surface area (Å²) in [5, 5.41) is 0. The van der Waals surface area contributed by atoms with Gasteiger partial charge in [0.25, 0.3) is 0 Å². The summed E-state index contributed by atoms with van der Waals surface area (Å²) < 4.78 is 5.80. The minimum atomic E-state index is -0.0431. The van der Waals surface area contributed by atoms with E-state index in [1.165, 1.54) is 0 Å². The molecule has 0 bridgehead atoms. The topological polar surface area (TPSA) is 61.5 Å². The van der Waals surface area contributed by atoms with Gasteiger partial charge in [0.1, 0.15) is 12.4 Å². The maximum absolute atomic E-state index is 12.9. The van der Waals surface area contributed by atoms with Crippen LogP contribution >= 0.6 is 12.4 Å². The quantitative estimate of drug-likeness (QED) is 0.879. The van der Waals surface area contributed by atoms with Gasteiger partial charge in [-0.15, -0.1) is 12.4 Å². The number of anilines is 2. The summed E-state index contributed by atoms with van der Waals surface area (Å²) in [6.45, 7) is 4.46. The predicted molar refractivity (Wildman–Crippen MR) is 86.1 cm³/mol. The molecule has 3 heterocycles. The van der Waals surface area contributed by atoms with E-state index in [-0.39, 0.29) is 30.5 Å². The maximum Gasteiger partial charge on any atom is 0.331 e. The van der Waals surface area contributed by atoms with Gasteiger partial charge < -0.3 is 9.72 Å². The smallest absolute Gasteiger partial charge is 0.331 e. The fourth-order valence-corrected chi connectivity index (χ4v) is 3.15. The van der Waals surface area contributed by atoms with Gasteiger partial charge in [-0.2, -0.15) is 0 Å². The van der Waals surface area contributed by atoms with E-state index in [1.807, 2.05) is 43.0 Å². The molecule has 7 heteroatoms. The lowest BCUT2D eigenvalue weighted by molar-refractivity contribution is 0.246. The third-order valence-electron chi connectivity index (χ3n) is 4.27. The van der Waals surface area contributed by atoms with E-state index < -0.39 is 0 Å². The van der Waals surface area contributed by atoms with Crippen LogP contribution in [0.4, 0.5) is 16.3 Å². The number of nitrogens with zero attached hydrogens (tertiary/aromatic N) is 3. The molecule has 1 fully saturated rings. The van der Waals surface area contributed by atoms with Gasteiger partial charge in [0, 0.05) is 0 Å². The number of para-hydroxylation sites is 2. The number of hydrogen-bond donors (Lipinski definition) is 1. The number of aryl methyl sites for hydroxylation is 1. The lowest BCUT2D eigenvalue weighted by atomic mass is 10.1. The van der Waals surface area contributed by atoms with Crippen LogP contribution in [0.3, 0.4) is 0 Å². The molecule has 6 nitrogen and oxygen atoms in total. The lowest BCUT2D eigenvalue weighted by Gasteiger charge is -2.31. The molecule has 0 saturated carbocycles. The number of H-pyrrole nitrogens is 1. The summed E-state index contributed by atoms with van der Waals surface area (Å²) >= 11 is 0. The normalized spacial score (nSPS) is 22.7. The second-order valence-corrected chi connectivity index (χ2v) is 5.46. The van der Waals surface area contributed by atoms with Crippen molar-refractivity contribution in [2.75, 3.05) is 16.4 Å². The average Bonchev–Trinajstić information content (AvgIpc) is 3.01. The zero-order valence-corrected chi connectivity index (χ0v) is 13.1. The van der Waals surface area contributed by atoms with Crippen molar-refractivity contribution in [1.82, 2.24) is 9.97 Å². The number of aromatic amines is 1. The second kappa shape index (κ2) is 5.21. The van der Waals surface area contributed by atoms with Crippen LogP contribution in [0, 0.1) is 6.92 Å². The van der Waals surface area contributed by atoms with Crippen molar-refractivity contribution >= 4 is 29.9 Å². The van der Waals surface area contributed by atoms with Gasteiger partial charge in [0.15, 0.2) is 5.82 Å². The van der Waals surface area contributed by atoms with Crippen molar-refractivity contribution in [2.24, 2.45) is 0 Å². The van der Waals surface area contributed by atoms with Crippen LogP contribution in [-0.4, -0.2) is 34.7 Å². The number of hydrogen-bond acceptors (Lipinski definition) is 3. The standard InChI is InChI=1S/C15H16N4O2.ClH/c1-9-14(17-8-16-9)18-10(2)12-7-21-13-6-4-3-5-11(13)19(12)15(18)20;/h3-6,8,10,12H,7H2,1-2H3,(H,16,17);1H. The van der Waals surface area contributed by atoms with Crippen LogP contribution < -0.4 is 14.5 Å². The van der Waals surface area contributed by atoms with E-state index >= 15 is 0 Å². The van der Waals surface area contributed by atoms with Crippen LogP contribution in [0.2, 0.25) is 0 Å². The number of nitrogens with one attached hydrogen (secondary N) is 1. The molecule has 2 aromatic rings. The fraction of sp³-hybridized carbons (Fsp3) is 0.333. The Bertz CT molecular complexity index is 717. The molecule has 116 valence electrons. The number of carbonyl (C=O) groups is 1. The Labute approximate surface area is 134 Å². The molecule has 2 aliphatic rings. The number of benzene rings is 1. The van der Waals surface area contributed by atoms with Gasteiger partial charge in [0.05, 0.1) is 29.8 Å². The summed E-state index contributed by atoms with van der Waals surface area (Å²) in [7, 11) is 0. The molecule has 0 aliphatic carbocycles. The molecular formula is C15H17ClN4O2. The maximum atomic E-state index is 12.9. The molecule has 0 spiro atoms. The highest BCUT2D eigenvalue weighted by molar-refractivity contribution is 6.08. The molecular weight excluding hydrogens is 304 g/mol. The minimum Gasteiger partial charge on any atom is -0.489 e. The van der Waals surface area contributed by atoms with Crippen LogP contribution in [0.5, 0.6) is 5.75 Å². The highest BCUT2D eigenvalue weighted by atomic mass is 35.5. The summed E-state index contributed by atoms with van der Waals surface area (Å²) in [5.74, 6) is 1.45. The minimum absolute atomic E-state index is 0. The zero-order valence-electron chi connectivity index (χ0n) is 12.3. The number of halogens is 1. The first-order chi connectivity index (χ1) is 10.2. The van der Waals surface area contributed by atoms with Crippen molar-refractivity contribution in [2.45, 2.75) is 25.9 Å². The third-order valence-corrected chi connectivity index (χ3v) is 4.27. The predicted octanol–water partition coefficient (Wildman–Crippen LogP) is 2.74. The monoisotopic (exact) mass is 320 g/mol. The summed E-state index contributed by atoms with van der Waals surface area (Å²) in [5.41, 5.74) is 1.73. The summed E-state index contributed by atoms with van der Waals surface area (Å²) in [6.07, 6.45) is 1.62. The lowest BCUT2D eigenvalue weighted by Crippen LogP contribution is -2.43. The van der Waals surface area contributed by atoms with E-state index in [0.717, 1.165) is 17.1 Å². The molecule has 2 amide bonds. The van der Waals surface area contributed by atoms with E-state index in [2.05, 4.69) is 9.97 Å². The van der Waals surface area contributed by atoms with E-state index in [1.54, 1.807) is 11.2 Å². The number of imidazole rings is 1. The van der Waals surface area contributed by atoms with Gasteiger partial charge >= 0.3 is 6.03 Å². The SMILES string of the molecule is Cc1[nH]cnc1N1C(=O)N2c3ccccc3OCC2C1C.Cl. The van der Waals surface area contributed by atoms with Crippen LogP contribution in [0.15, 0.2) is 30.6 Å². The van der Waals surface area contributed by atoms with Crippen LogP contribution in [0.25, 0.3) is 0 Å². The molecule has 2 unspecified atom stereocenters. The number of fused-ring (bicyclic) bond motifs is 3. The highest BCUT2D eigenvalue weighted by Gasteiger charge is 2.48. The first-order valence-electron chi connectivity index (χ1n) is 7.02. The summed E-state index contributed by atoms with van der Waals surface area (Å²) in [6, 6.07) is 7.62. The van der Waals surface area contributed by atoms with Crippen molar-refractivity contribution in [3.8, 4) is 5.75 Å². The van der Waals surface area contributed by atoms with Gasteiger partial charge in [-0.25, -0.2) is 9.78 Å². The molecule has 1 N–H and O–H groups in total. The molecule has 1 saturated heterocycles. The van der Waals surface area contributed by atoms with Crippen LogP contribution in [0.1, 0.15) is 12.6 Å². The Kier molecular flexibility index (Phi) is 3.48.